The number of rotatable bonds is 3. The van der Waals surface area contributed by atoms with E-state index in [1.54, 1.807) is 7.05 Å². The number of hydrogen-bond acceptors (Lipinski definition) is 4. The summed E-state index contributed by atoms with van der Waals surface area (Å²) in [6.07, 6.45) is -0.286. The van der Waals surface area contributed by atoms with E-state index in [2.05, 4.69) is 5.32 Å². The first-order valence-electron chi connectivity index (χ1n) is 7.02. The van der Waals surface area contributed by atoms with Gasteiger partial charge in [0.25, 0.3) is 0 Å². The molecule has 8 heteroatoms. The molecule has 0 bridgehead atoms. The van der Waals surface area contributed by atoms with Crippen LogP contribution in [0, 0.1) is 17.7 Å². The standard InChI is InChI=1S/C14H17FN2O4S/c1-16-14(18)12-8-21-13-7-17(6-11(12)13)22(19,20)10-4-2-3-9(15)5-10/h2-5,11-13H,6-8H2,1H3,(H,16,18)/t11-,12-,13+/m0/s1. The van der Waals surface area contributed by atoms with E-state index in [9.17, 15) is 17.6 Å². The summed E-state index contributed by atoms with van der Waals surface area (Å²) < 4.78 is 45.2. The molecule has 120 valence electrons. The average Bonchev–Trinajstić information content (AvgIpc) is 3.06. The van der Waals surface area contributed by atoms with Crippen LogP contribution in [-0.2, 0) is 19.6 Å². The van der Waals surface area contributed by atoms with Gasteiger partial charge < -0.3 is 10.1 Å². The number of nitrogens with one attached hydrogen (secondary N) is 1. The Morgan fingerprint density at radius 2 is 2.18 bits per heavy atom. The monoisotopic (exact) mass is 328 g/mol. The quantitative estimate of drug-likeness (QED) is 0.860. The number of fused-ring (bicyclic) bond motifs is 1. The summed E-state index contributed by atoms with van der Waals surface area (Å²) in [7, 11) is -2.23. The van der Waals surface area contributed by atoms with Gasteiger partial charge in [-0.25, -0.2) is 12.8 Å². The molecule has 0 radical (unpaired) electrons. The molecule has 0 saturated carbocycles. The second kappa shape index (κ2) is 5.60. The maximum atomic E-state index is 13.3. The lowest BCUT2D eigenvalue weighted by atomic mass is 9.92. The van der Waals surface area contributed by atoms with E-state index < -0.39 is 15.8 Å². The summed E-state index contributed by atoms with van der Waals surface area (Å²) in [6, 6.07) is 4.93. The van der Waals surface area contributed by atoms with Crippen molar-refractivity contribution in [2.75, 3.05) is 26.7 Å². The van der Waals surface area contributed by atoms with Crippen molar-refractivity contribution in [3.8, 4) is 0 Å². The Morgan fingerprint density at radius 3 is 2.86 bits per heavy atom. The molecular weight excluding hydrogens is 311 g/mol. The highest BCUT2D eigenvalue weighted by Gasteiger charge is 2.49. The molecule has 0 spiro atoms. The van der Waals surface area contributed by atoms with Gasteiger partial charge in [0.2, 0.25) is 15.9 Å². The molecule has 1 N–H and O–H groups in total. The van der Waals surface area contributed by atoms with Crippen LogP contribution >= 0.6 is 0 Å². The third-order valence-electron chi connectivity index (χ3n) is 4.30. The molecule has 2 saturated heterocycles. The van der Waals surface area contributed by atoms with E-state index in [4.69, 9.17) is 4.74 Å². The lowest BCUT2D eigenvalue weighted by Crippen LogP contribution is -2.36. The fourth-order valence-electron chi connectivity index (χ4n) is 3.11. The van der Waals surface area contributed by atoms with Crippen LogP contribution < -0.4 is 5.32 Å². The van der Waals surface area contributed by atoms with Crippen molar-refractivity contribution in [3.63, 3.8) is 0 Å². The number of sulfonamides is 1. The average molecular weight is 328 g/mol. The zero-order valence-electron chi connectivity index (χ0n) is 12.0. The predicted octanol–water partition coefficient (Wildman–Crippen LogP) is 0.207. The molecule has 0 unspecified atom stereocenters. The Kier molecular flexibility index (Phi) is 3.92. The van der Waals surface area contributed by atoms with E-state index in [0.29, 0.717) is 6.61 Å². The minimum absolute atomic E-state index is 0.0797. The molecule has 1 amide bonds. The number of ether oxygens (including phenoxy) is 1. The molecule has 2 aliphatic heterocycles. The minimum Gasteiger partial charge on any atom is -0.376 e. The number of hydrogen-bond donors (Lipinski definition) is 1. The number of carbonyl (C=O) groups is 1. The first-order chi connectivity index (χ1) is 10.4. The van der Waals surface area contributed by atoms with Gasteiger partial charge in [0.1, 0.15) is 5.82 Å². The van der Waals surface area contributed by atoms with Gasteiger partial charge in [-0.15, -0.1) is 0 Å². The molecule has 3 rings (SSSR count). The van der Waals surface area contributed by atoms with Crippen molar-refractivity contribution in [3.05, 3.63) is 30.1 Å². The molecule has 1 aromatic rings. The zero-order chi connectivity index (χ0) is 15.9. The lowest BCUT2D eigenvalue weighted by Gasteiger charge is -2.19. The Balaban J connectivity index is 1.82. The van der Waals surface area contributed by atoms with E-state index >= 15 is 0 Å². The summed E-state index contributed by atoms with van der Waals surface area (Å²) in [4.78, 5) is 11.7. The van der Waals surface area contributed by atoms with Crippen LogP contribution in [0.3, 0.4) is 0 Å². The summed E-state index contributed by atoms with van der Waals surface area (Å²) in [5.41, 5.74) is 0. The van der Waals surface area contributed by atoms with Gasteiger partial charge in [-0.1, -0.05) is 6.07 Å². The number of benzene rings is 1. The van der Waals surface area contributed by atoms with Gasteiger partial charge in [-0.05, 0) is 18.2 Å². The van der Waals surface area contributed by atoms with E-state index in [1.165, 1.54) is 22.5 Å². The van der Waals surface area contributed by atoms with Gasteiger partial charge in [-0.3, -0.25) is 4.79 Å². The molecule has 2 heterocycles. The number of halogens is 1. The molecule has 6 nitrogen and oxygen atoms in total. The SMILES string of the molecule is CNC(=O)[C@H]1CO[C@@H]2CN(S(=O)(=O)c3cccc(F)c3)C[C@@H]12. The molecule has 1 aromatic carbocycles. The number of nitrogens with zero attached hydrogens (tertiary/aromatic N) is 1. The van der Waals surface area contributed by atoms with Crippen LogP contribution in [0.4, 0.5) is 4.39 Å². The van der Waals surface area contributed by atoms with Crippen molar-refractivity contribution < 1.29 is 22.3 Å². The maximum Gasteiger partial charge on any atom is 0.243 e. The van der Waals surface area contributed by atoms with Crippen LogP contribution in [0.1, 0.15) is 0 Å². The summed E-state index contributed by atoms with van der Waals surface area (Å²) in [6.45, 7) is 0.710. The first kappa shape index (κ1) is 15.4. The molecule has 2 aliphatic rings. The van der Waals surface area contributed by atoms with Gasteiger partial charge in [0.05, 0.1) is 23.5 Å². The molecule has 0 aliphatic carbocycles. The normalized spacial score (nSPS) is 28.5. The van der Waals surface area contributed by atoms with Crippen molar-refractivity contribution >= 4 is 15.9 Å². The van der Waals surface area contributed by atoms with Gasteiger partial charge >= 0.3 is 0 Å². The largest absolute Gasteiger partial charge is 0.376 e. The zero-order valence-corrected chi connectivity index (χ0v) is 12.8. The van der Waals surface area contributed by atoms with Gasteiger partial charge in [0.15, 0.2) is 0 Å². The van der Waals surface area contributed by atoms with Crippen LogP contribution in [-0.4, -0.2) is 51.5 Å². The third-order valence-corrected chi connectivity index (χ3v) is 6.13. The highest BCUT2D eigenvalue weighted by molar-refractivity contribution is 7.89. The van der Waals surface area contributed by atoms with Crippen molar-refractivity contribution in [1.82, 2.24) is 9.62 Å². The van der Waals surface area contributed by atoms with Crippen molar-refractivity contribution in [2.45, 2.75) is 11.0 Å². The van der Waals surface area contributed by atoms with E-state index in [-0.39, 0.29) is 41.8 Å². The number of carbonyl (C=O) groups excluding carboxylic acids is 1. The van der Waals surface area contributed by atoms with Crippen LogP contribution in [0.5, 0.6) is 0 Å². The Hall–Kier alpha value is -1.51. The van der Waals surface area contributed by atoms with Gasteiger partial charge in [-0.2, -0.15) is 4.31 Å². The first-order valence-corrected chi connectivity index (χ1v) is 8.46. The summed E-state index contributed by atoms with van der Waals surface area (Å²) >= 11 is 0. The molecular formula is C14H17FN2O4S. The minimum atomic E-state index is -3.78. The smallest absolute Gasteiger partial charge is 0.243 e. The maximum absolute atomic E-state index is 13.3. The third kappa shape index (κ3) is 2.51. The predicted molar refractivity (Wildman–Crippen MR) is 75.9 cm³/mol. The summed E-state index contributed by atoms with van der Waals surface area (Å²) in [5, 5.41) is 2.58. The Labute approximate surface area is 128 Å². The topological polar surface area (TPSA) is 75.7 Å². The van der Waals surface area contributed by atoms with Crippen LogP contribution in [0.2, 0.25) is 0 Å². The van der Waals surface area contributed by atoms with Gasteiger partial charge in [0, 0.05) is 26.1 Å². The molecule has 3 atom stereocenters. The van der Waals surface area contributed by atoms with Crippen LogP contribution in [0.15, 0.2) is 29.2 Å². The second-order valence-electron chi connectivity index (χ2n) is 5.54. The molecule has 0 aromatic heterocycles. The number of amides is 1. The van der Waals surface area contributed by atoms with E-state index in [0.717, 1.165) is 6.07 Å². The lowest BCUT2D eigenvalue weighted by molar-refractivity contribution is -0.125. The Morgan fingerprint density at radius 1 is 1.41 bits per heavy atom. The second-order valence-corrected chi connectivity index (χ2v) is 7.47. The fourth-order valence-corrected chi connectivity index (χ4v) is 4.63. The highest BCUT2D eigenvalue weighted by atomic mass is 32.2. The van der Waals surface area contributed by atoms with Crippen LogP contribution in [0.25, 0.3) is 0 Å². The fraction of sp³-hybridized carbons (Fsp3) is 0.500. The van der Waals surface area contributed by atoms with E-state index in [1.807, 2.05) is 0 Å². The van der Waals surface area contributed by atoms with Crippen molar-refractivity contribution in [2.24, 2.45) is 11.8 Å². The summed E-state index contributed by atoms with van der Waals surface area (Å²) in [5.74, 6) is -1.25. The molecule has 2 fully saturated rings. The highest BCUT2D eigenvalue weighted by Crippen LogP contribution is 2.36. The van der Waals surface area contributed by atoms with Crippen molar-refractivity contribution in [1.29, 1.82) is 0 Å². The Bertz CT molecular complexity index is 694. The molecule has 22 heavy (non-hydrogen) atoms.